The van der Waals surface area contributed by atoms with Gasteiger partial charge >= 0.3 is 6.18 Å². The first-order valence-corrected chi connectivity index (χ1v) is 11.4. The van der Waals surface area contributed by atoms with Gasteiger partial charge in [0.05, 0.1) is 24.8 Å². The van der Waals surface area contributed by atoms with Crippen molar-refractivity contribution in [2.45, 2.75) is 44.0 Å². The molecule has 2 aromatic heterocycles. The minimum absolute atomic E-state index is 0.0145. The Morgan fingerprint density at radius 1 is 0.941 bits per heavy atom. The van der Waals surface area contributed by atoms with Crippen molar-refractivity contribution in [1.29, 1.82) is 0 Å². The van der Waals surface area contributed by atoms with Crippen LogP contribution in [0.5, 0.6) is 5.75 Å². The van der Waals surface area contributed by atoms with Crippen LogP contribution in [0.2, 0.25) is 0 Å². The third-order valence-electron chi connectivity index (χ3n) is 6.18. The number of nitrogens with zero attached hydrogens (tertiary/aromatic N) is 5. The number of hydrogen-bond donors (Lipinski definition) is 1. The van der Waals surface area contributed by atoms with E-state index in [9.17, 15) is 13.2 Å². The molecule has 5 rings (SSSR count). The Morgan fingerprint density at radius 3 is 2.47 bits per heavy atom. The number of ether oxygens (including phenoxy) is 2. The minimum atomic E-state index is -4.49. The van der Waals surface area contributed by atoms with Gasteiger partial charge in [-0.05, 0) is 31.7 Å². The number of aromatic nitrogens is 4. The Hall–Kier alpha value is -3.21. The third kappa shape index (κ3) is 5.14. The molecule has 0 radical (unpaired) electrons. The topological polar surface area (TPSA) is 85.3 Å². The highest BCUT2D eigenvalue weighted by Crippen LogP contribution is 2.34. The van der Waals surface area contributed by atoms with Crippen LogP contribution in [-0.4, -0.2) is 58.4 Å². The van der Waals surface area contributed by atoms with Gasteiger partial charge in [-0.1, -0.05) is 0 Å². The van der Waals surface area contributed by atoms with Crippen molar-refractivity contribution in [1.82, 2.24) is 19.9 Å². The lowest BCUT2D eigenvalue weighted by Gasteiger charge is -2.31. The fourth-order valence-corrected chi connectivity index (χ4v) is 4.43. The van der Waals surface area contributed by atoms with E-state index < -0.39 is 11.9 Å². The number of halogens is 3. The highest BCUT2D eigenvalue weighted by molar-refractivity contribution is 5.85. The van der Waals surface area contributed by atoms with E-state index in [-0.39, 0.29) is 18.0 Å². The monoisotopic (exact) mass is 474 g/mol. The summed E-state index contributed by atoms with van der Waals surface area (Å²) in [5.74, 6) is 0.889. The maximum absolute atomic E-state index is 12.9. The Kier molecular flexibility index (Phi) is 6.36. The average Bonchev–Trinajstić information content (AvgIpc) is 2.85. The molecule has 11 heteroatoms. The smallest absolute Gasteiger partial charge is 0.433 e. The molecule has 0 amide bonds. The van der Waals surface area contributed by atoms with Gasteiger partial charge in [-0.15, -0.1) is 0 Å². The zero-order chi connectivity index (χ0) is 23.5. The fraction of sp³-hybridized carbons (Fsp3) is 0.478. The molecule has 3 heterocycles. The van der Waals surface area contributed by atoms with E-state index in [2.05, 4.69) is 30.2 Å². The SMILES string of the molecule is FC(F)(F)c1cc(NC2CCC(Oc3cc(N4CCOCC4)cc4nccnc34)CC2)ncn1. The molecular weight excluding hydrogens is 449 g/mol. The third-order valence-corrected chi connectivity index (χ3v) is 6.18. The standard InChI is InChI=1S/C23H25F3N6O2/c24-23(25,26)20-13-21(30-14-29-20)31-15-1-3-17(4-2-15)34-19-12-16(32-7-9-33-10-8-32)11-18-22(19)28-6-5-27-18/h5-6,11-15,17H,1-4,7-10H2,(H,29,30,31). The molecule has 180 valence electrons. The second kappa shape index (κ2) is 9.57. The maximum Gasteiger partial charge on any atom is 0.433 e. The summed E-state index contributed by atoms with van der Waals surface area (Å²) in [5, 5.41) is 3.11. The number of fused-ring (bicyclic) bond motifs is 1. The molecule has 0 spiro atoms. The zero-order valence-electron chi connectivity index (χ0n) is 18.5. The quantitative estimate of drug-likeness (QED) is 0.592. The second-order valence-corrected chi connectivity index (χ2v) is 8.49. The summed E-state index contributed by atoms with van der Waals surface area (Å²) in [6.07, 6.45) is 2.78. The molecule has 34 heavy (non-hydrogen) atoms. The molecule has 3 aromatic rings. The Balaban J connectivity index is 1.25. The molecule has 1 saturated carbocycles. The molecule has 0 atom stereocenters. The molecule has 1 aliphatic carbocycles. The second-order valence-electron chi connectivity index (χ2n) is 8.49. The average molecular weight is 474 g/mol. The fourth-order valence-electron chi connectivity index (χ4n) is 4.43. The van der Waals surface area contributed by atoms with Gasteiger partial charge in [0.2, 0.25) is 0 Å². The van der Waals surface area contributed by atoms with E-state index in [1.54, 1.807) is 12.4 Å². The number of nitrogens with one attached hydrogen (secondary N) is 1. The van der Waals surface area contributed by atoms with Gasteiger partial charge in [-0.2, -0.15) is 13.2 Å². The van der Waals surface area contributed by atoms with Crippen molar-refractivity contribution < 1.29 is 22.6 Å². The molecule has 8 nitrogen and oxygen atoms in total. The number of hydrogen-bond acceptors (Lipinski definition) is 8. The lowest BCUT2D eigenvalue weighted by molar-refractivity contribution is -0.141. The predicted octanol–water partition coefficient (Wildman–Crippen LogP) is 4.08. The summed E-state index contributed by atoms with van der Waals surface area (Å²) in [7, 11) is 0. The van der Waals surface area contributed by atoms with Crippen molar-refractivity contribution in [3.05, 3.63) is 42.6 Å². The van der Waals surface area contributed by atoms with E-state index in [4.69, 9.17) is 9.47 Å². The summed E-state index contributed by atoms with van der Waals surface area (Å²) >= 11 is 0. The van der Waals surface area contributed by atoms with Crippen LogP contribution in [0.1, 0.15) is 31.4 Å². The van der Waals surface area contributed by atoms with E-state index in [1.807, 2.05) is 12.1 Å². The molecule has 0 bridgehead atoms. The van der Waals surface area contributed by atoms with Gasteiger partial charge < -0.3 is 19.7 Å². The molecule has 1 saturated heterocycles. The number of anilines is 2. The van der Waals surface area contributed by atoms with Crippen LogP contribution in [0, 0.1) is 0 Å². The molecule has 1 aromatic carbocycles. The van der Waals surface area contributed by atoms with E-state index in [0.29, 0.717) is 19.0 Å². The molecular formula is C23H25F3N6O2. The van der Waals surface area contributed by atoms with Crippen molar-refractivity contribution in [3.63, 3.8) is 0 Å². The van der Waals surface area contributed by atoms with Gasteiger partial charge in [0.25, 0.3) is 0 Å². The summed E-state index contributed by atoms with van der Waals surface area (Å²) in [4.78, 5) is 18.5. The Morgan fingerprint density at radius 2 is 1.71 bits per heavy atom. The largest absolute Gasteiger partial charge is 0.488 e. The van der Waals surface area contributed by atoms with Crippen LogP contribution in [-0.2, 0) is 10.9 Å². The van der Waals surface area contributed by atoms with Crippen molar-refractivity contribution in [2.24, 2.45) is 0 Å². The van der Waals surface area contributed by atoms with Gasteiger partial charge in [0.1, 0.15) is 29.1 Å². The molecule has 0 unspecified atom stereocenters. The maximum atomic E-state index is 12.9. The summed E-state index contributed by atoms with van der Waals surface area (Å²) in [6, 6.07) is 5.02. The summed E-state index contributed by atoms with van der Waals surface area (Å²) in [6.45, 7) is 2.98. The molecule has 1 aliphatic heterocycles. The van der Waals surface area contributed by atoms with Gasteiger partial charge in [-0.3, -0.25) is 4.98 Å². The highest BCUT2D eigenvalue weighted by Gasteiger charge is 2.33. The van der Waals surface area contributed by atoms with Crippen molar-refractivity contribution in [3.8, 4) is 5.75 Å². The number of alkyl halides is 3. The first-order chi connectivity index (χ1) is 16.5. The van der Waals surface area contributed by atoms with Crippen LogP contribution in [0.3, 0.4) is 0 Å². The predicted molar refractivity (Wildman–Crippen MR) is 120 cm³/mol. The summed E-state index contributed by atoms with van der Waals surface area (Å²) in [5.41, 5.74) is 1.59. The van der Waals surface area contributed by atoms with Crippen molar-refractivity contribution in [2.75, 3.05) is 36.5 Å². The number of benzene rings is 1. The Bertz CT molecular complexity index is 1130. The highest BCUT2D eigenvalue weighted by atomic mass is 19.4. The van der Waals surface area contributed by atoms with Crippen molar-refractivity contribution >= 4 is 22.5 Å². The first-order valence-electron chi connectivity index (χ1n) is 11.4. The van der Waals surface area contributed by atoms with E-state index in [0.717, 1.165) is 67.9 Å². The lowest BCUT2D eigenvalue weighted by atomic mass is 9.93. The normalized spacial score (nSPS) is 21.4. The van der Waals surface area contributed by atoms with Crippen LogP contribution >= 0.6 is 0 Å². The first kappa shape index (κ1) is 22.6. The zero-order valence-corrected chi connectivity index (χ0v) is 18.5. The van der Waals surface area contributed by atoms with Crippen LogP contribution < -0.4 is 15.0 Å². The van der Waals surface area contributed by atoms with Gasteiger partial charge in [0.15, 0.2) is 0 Å². The van der Waals surface area contributed by atoms with Gasteiger partial charge in [0, 0.05) is 49.3 Å². The Labute approximate surface area is 194 Å². The molecule has 2 fully saturated rings. The van der Waals surface area contributed by atoms with E-state index >= 15 is 0 Å². The van der Waals surface area contributed by atoms with Crippen LogP contribution in [0.25, 0.3) is 11.0 Å². The van der Waals surface area contributed by atoms with E-state index in [1.165, 1.54) is 0 Å². The molecule has 1 N–H and O–H groups in total. The molecule has 2 aliphatic rings. The number of rotatable bonds is 5. The van der Waals surface area contributed by atoms with Crippen LogP contribution in [0.4, 0.5) is 24.7 Å². The van der Waals surface area contributed by atoms with Gasteiger partial charge in [-0.25, -0.2) is 15.0 Å². The minimum Gasteiger partial charge on any atom is -0.488 e. The summed E-state index contributed by atoms with van der Waals surface area (Å²) < 4.78 is 50.6. The number of morpholine rings is 1. The lowest BCUT2D eigenvalue weighted by Crippen LogP contribution is -2.36. The van der Waals surface area contributed by atoms with Crippen LogP contribution in [0.15, 0.2) is 36.9 Å².